The number of methoxy groups -OCH3 is 2. The number of carbonyl (C=O) groups excluding carboxylic acids is 1. The van der Waals surface area contributed by atoms with Crippen molar-refractivity contribution in [1.29, 1.82) is 0 Å². The Morgan fingerprint density at radius 1 is 1.00 bits per heavy atom. The Morgan fingerprint density at radius 3 is 2.41 bits per heavy atom. The zero-order valence-electron chi connectivity index (χ0n) is 17.3. The van der Waals surface area contributed by atoms with Gasteiger partial charge in [-0.25, -0.2) is 0 Å². The highest BCUT2D eigenvalue weighted by atomic mass is 79.9. The molecule has 1 heterocycles. The molecule has 29 heavy (non-hydrogen) atoms. The number of aryl methyl sites for hydroxylation is 1. The first-order valence-electron chi connectivity index (χ1n) is 9.75. The summed E-state index contributed by atoms with van der Waals surface area (Å²) in [6, 6.07) is 13.6. The molecule has 1 aliphatic heterocycles. The first-order chi connectivity index (χ1) is 13.6. The molecule has 0 aliphatic carbocycles. The summed E-state index contributed by atoms with van der Waals surface area (Å²) in [5, 5.41) is 0. The van der Waals surface area contributed by atoms with E-state index >= 15 is 0 Å². The molecule has 0 amide bonds. The number of benzene rings is 2. The molecule has 2 aromatic carbocycles. The minimum absolute atomic E-state index is 0. The van der Waals surface area contributed by atoms with Gasteiger partial charge in [0, 0.05) is 24.2 Å². The fourth-order valence-corrected chi connectivity index (χ4v) is 3.38. The Kier molecular flexibility index (Phi) is 8.70. The van der Waals surface area contributed by atoms with Crippen LogP contribution in [0, 0.1) is 6.92 Å². The van der Waals surface area contributed by atoms with Crippen molar-refractivity contribution < 1.29 is 14.3 Å². The fraction of sp³-hybridized carbons (Fsp3) is 0.391. The Balaban J connectivity index is 0.00000300. The van der Waals surface area contributed by atoms with Crippen LogP contribution in [0.25, 0.3) is 0 Å². The van der Waals surface area contributed by atoms with E-state index in [0.717, 1.165) is 37.3 Å². The molecule has 156 valence electrons. The number of anilines is 1. The molecule has 0 radical (unpaired) electrons. The van der Waals surface area contributed by atoms with Gasteiger partial charge in [-0.05, 0) is 50.1 Å². The first kappa shape index (κ1) is 22.9. The second-order valence-corrected chi connectivity index (χ2v) is 7.02. The fourth-order valence-electron chi connectivity index (χ4n) is 3.38. The molecule has 0 saturated carbocycles. The number of carbonyl (C=O) groups is 1. The van der Waals surface area contributed by atoms with E-state index in [4.69, 9.17) is 14.5 Å². The minimum Gasteiger partial charge on any atom is -0.493 e. The van der Waals surface area contributed by atoms with E-state index in [1.54, 1.807) is 32.4 Å². The summed E-state index contributed by atoms with van der Waals surface area (Å²) in [7, 11) is 3.16. The van der Waals surface area contributed by atoms with E-state index in [0.29, 0.717) is 17.1 Å². The van der Waals surface area contributed by atoms with Gasteiger partial charge in [0.25, 0.3) is 0 Å². The van der Waals surface area contributed by atoms with E-state index in [1.807, 2.05) is 0 Å². The van der Waals surface area contributed by atoms with Gasteiger partial charge < -0.3 is 14.4 Å². The van der Waals surface area contributed by atoms with E-state index in [1.165, 1.54) is 12.0 Å². The largest absolute Gasteiger partial charge is 0.493 e. The second kappa shape index (κ2) is 11.0. The molecule has 1 aliphatic rings. The van der Waals surface area contributed by atoms with Crippen LogP contribution in [0.1, 0.15) is 41.6 Å². The topological polar surface area (TPSA) is 51.1 Å². The first-order valence-corrected chi connectivity index (χ1v) is 9.75. The van der Waals surface area contributed by atoms with Crippen LogP contribution in [-0.2, 0) is 0 Å². The van der Waals surface area contributed by atoms with Gasteiger partial charge in [-0.15, -0.1) is 17.0 Å². The summed E-state index contributed by atoms with van der Waals surface area (Å²) in [4.78, 5) is 19.9. The Hall–Kier alpha value is -2.34. The quantitative estimate of drug-likeness (QED) is 0.552. The van der Waals surface area contributed by atoms with Crippen molar-refractivity contribution in [2.24, 2.45) is 4.99 Å². The van der Waals surface area contributed by atoms with E-state index < -0.39 is 0 Å². The number of hydrogen-bond acceptors (Lipinski definition) is 5. The molecule has 0 aromatic heterocycles. The molecule has 0 bridgehead atoms. The number of amidine groups is 1. The van der Waals surface area contributed by atoms with Crippen molar-refractivity contribution in [1.82, 2.24) is 0 Å². The number of ketones is 1. The van der Waals surface area contributed by atoms with Crippen molar-refractivity contribution >= 4 is 34.3 Å². The number of rotatable bonds is 6. The van der Waals surface area contributed by atoms with Crippen molar-refractivity contribution in [2.75, 3.05) is 32.2 Å². The van der Waals surface area contributed by atoms with Crippen LogP contribution in [0.2, 0.25) is 0 Å². The number of nitrogens with zero attached hydrogens (tertiary/aromatic N) is 2. The van der Waals surface area contributed by atoms with Gasteiger partial charge in [0.05, 0.1) is 20.8 Å². The SMILES string of the molecule is Br.COc1ccc(C(=O)CN(C2=NCCCCC2)c2ccc(C)cc2)cc1OC. The Morgan fingerprint density at radius 2 is 1.72 bits per heavy atom. The van der Waals surface area contributed by atoms with Gasteiger partial charge in [0.2, 0.25) is 0 Å². The summed E-state index contributed by atoms with van der Waals surface area (Å²) in [6.07, 6.45) is 4.28. The molecular formula is C23H29BrN2O3. The monoisotopic (exact) mass is 460 g/mol. The maximum absolute atomic E-state index is 13.1. The lowest BCUT2D eigenvalue weighted by molar-refractivity contribution is 0.100. The third-order valence-corrected chi connectivity index (χ3v) is 5.02. The lowest BCUT2D eigenvalue weighted by Gasteiger charge is -2.26. The average molecular weight is 461 g/mol. The molecular weight excluding hydrogens is 432 g/mol. The molecule has 5 nitrogen and oxygen atoms in total. The highest BCUT2D eigenvalue weighted by Gasteiger charge is 2.20. The van der Waals surface area contributed by atoms with E-state index in [9.17, 15) is 4.79 Å². The van der Waals surface area contributed by atoms with Crippen LogP contribution >= 0.6 is 17.0 Å². The Labute approximate surface area is 183 Å². The molecule has 2 aromatic rings. The molecule has 0 spiro atoms. The zero-order chi connectivity index (χ0) is 19.9. The van der Waals surface area contributed by atoms with Crippen LogP contribution in [0.5, 0.6) is 11.5 Å². The predicted octanol–water partition coefficient (Wildman–Crippen LogP) is 5.25. The third kappa shape index (κ3) is 5.82. The summed E-state index contributed by atoms with van der Waals surface area (Å²) < 4.78 is 10.6. The smallest absolute Gasteiger partial charge is 0.182 e. The standard InChI is InChI=1S/C23H28N2O3.BrH/c1-17-8-11-19(12-9-17)25(23-7-5-4-6-14-24-23)16-20(26)18-10-13-21(27-2)22(15-18)28-3;/h8-13,15H,4-7,14,16H2,1-3H3;1H. The summed E-state index contributed by atoms with van der Waals surface area (Å²) >= 11 is 0. The van der Waals surface area contributed by atoms with Crippen LogP contribution < -0.4 is 14.4 Å². The van der Waals surface area contributed by atoms with E-state index in [-0.39, 0.29) is 29.3 Å². The predicted molar refractivity (Wildman–Crippen MR) is 123 cm³/mol. The number of hydrogen-bond donors (Lipinski definition) is 0. The second-order valence-electron chi connectivity index (χ2n) is 7.02. The molecule has 6 heteroatoms. The van der Waals surface area contributed by atoms with Crippen LogP contribution in [0.15, 0.2) is 47.5 Å². The molecule has 3 rings (SSSR count). The lowest BCUT2D eigenvalue weighted by atomic mass is 10.1. The summed E-state index contributed by atoms with van der Waals surface area (Å²) in [5.74, 6) is 2.19. The normalized spacial score (nSPS) is 13.6. The van der Waals surface area contributed by atoms with Gasteiger partial charge in [0.1, 0.15) is 5.84 Å². The van der Waals surface area contributed by atoms with Crippen LogP contribution in [0.3, 0.4) is 0 Å². The maximum atomic E-state index is 13.1. The van der Waals surface area contributed by atoms with Crippen molar-refractivity contribution in [3.63, 3.8) is 0 Å². The Bertz CT molecular complexity index is 850. The summed E-state index contributed by atoms with van der Waals surface area (Å²) in [5.41, 5.74) is 2.79. The van der Waals surface area contributed by atoms with Gasteiger partial charge in [-0.3, -0.25) is 9.79 Å². The van der Waals surface area contributed by atoms with Crippen LogP contribution in [-0.4, -0.2) is 38.9 Å². The minimum atomic E-state index is 0. The number of halogens is 1. The number of aliphatic imine (C=N–C) groups is 1. The van der Waals surface area contributed by atoms with Gasteiger partial charge in [-0.2, -0.15) is 0 Å². The van der Waals surface area contributed by atoms with Crippen molar-refractivity contribution in [2.45, 2.75) is 32.6 Å². The average Bonchev–Trinajstić information content (AvgIpc) is 3.01. The molecule has 0 fully saturated rings. The third-order valence-electron chi connectivity index (χ3n) is 5.02. The zero-order valence-corrected chi connectivity index (χ0v) is 19.0. The molecule has 0 atom stereocenters. The molecule has 0 unspecified atom stereocenters. The number of Topliss-reactive ketones (excluding diaryl/α,β-unsaturated/α-hetero) is 1. The highest BCUT2D eigenvalue weighted by Crippen LogP contribution is 2.28. The van der Waals surface area contributed by atoms with Crippen molar-refractivity contribution in [3.05, 3.63) is 53.6 Å². The summed E-state index contributed by atoms with van der Waals surface area (Å²) in [6.45, 7) is 3.13. The lowest BCUT2D eigenvalue weighted by Crippen LogP contribution is -2.36. The van der Waals surface area contributed by atoms with Gasteiger partial charge >= 0.3 is 0 Å². The highest BCUT2D eigenvalue weighted by molar-refractivity contribution is 8.93. The van der Waals surface area contributed by atoms with Crippen molar-refractivity contribution in [3.8, 4) is 11.5 Å². The molecule has 0 N–H and O–H groups in total. The van der Waals surface area contributed by atoms with Crippen LogP contribution in [0.4, 0.5) is 5.69 Å². The maximum Gasteiger partial charge on any atom is 0.182 e. The van der Waals surface area contributed by atoms with Gasteiger partial charge in [0.15, 0.2) is 17.3 Å². The van der Waals surface area contributed by atoms with Gasteiger partial charge in [-0.1, -0.05) is 24.1 Å². The molecule has 0 saturated heterocycles. The number of ether oxygens (including phenoxy) is 2. The van der Waals surface area contributed by atoms with E-state index in [2.05, 4.69) is 36.1 Å².